The fourth-order valence-electron chi connectivity index (χ4n) is 2.00. The minimum Gasteiger partial charge on any atom is -0.268 e. The fraction of sp³-hybridized carbons (Fsp3) is 0.700. The Morgan fingerprint density at radius 3 is 3.14 bits per heavy atom. The van der Waals surface area contributed by atoms with Crippen LogP contribution in [0.15, 0.2) is 0 Å². The van der Waals surface area contributed by atoms with E-state index in [0.29, 0.717) is 0 Å². The number of alkyl halides is 1. The van der Waals surface area contributed by atoms with Gasteiger partial charge in [0, 0.05) is 21.7 Å². The third-order valence-electron chi connectivity index (χ3n) is 2.67. The first-order chi connectivity index (χ1) is 6.72. The predicted molar refractivity (Wildman–Crippen MR) is 67.4 cm³/mol. The molecule has 0 aromatic carbocycles. The van der Waals surface area contributed by atoms with Crippen molar-refractivity contribution in [1.29, 1.82) is 0 Å². The van der Waals surface area contributed by atoms with Gasteiger partial charge in [-0.2, -0.15) is 5.10 Å². The van der Waals surface area contributed by atoms with Gasteiger partial charge in [-0.15, -0.1) is 0 Å². The summed E-state index contributed by atoms with van der Waals surface area (Å²) in [6.07, 6.45) is 4.62. The number of fused-ring (bicyclic) bond motifs is 1. The van der Waals surface area contributed by atoms with Crippen molar-refractivity contribution < 1.29 is 0 Å². The van der Waals surface area contributed by atoms with E-state index >= 15 is 0 Å². The van der Waals surface area contributed by atoms with E-state index in [-0.39, 0.29) is 0 Å². The van der Waals surface area contributed by atoms with Gasteiger partial charge in [0.15, 0.2) is 5.15 Å². The zero-order chi connectivity index (χ0) is 10.1. The van der Waals surface area contributed by atoms with Crippen LogP contribution in [0.3, 0.4) is 0 Å². The zero-order valence-corrected chi connectivity index (χ0v) is 11.2. The van der Waals surface area contributed by atoms with Crippen LogP contribution in [0, 0.1) is 0 Å². The zero-order valence-electron chi connectivity index (χ0n) is 8.26. The quantitative estimate of drug-likeness (QED) is 0.603. The van der Waals surface area contributed by atoms with Crippen molar-refractivity contribution in [2.24, 2.45) is 0 Å². The summed E-state index contributed by atoms with van der Waals surface area (Å²) in [5.41, 5.74) is 2.68. The molecule has 2 nitrogen and oxygen atoms in total. The van der Waals surface area contributed by atoms with Crippen molar-refractivity contribution in [3.05, 3.63) is 16.4 Å². The molecule has 2 rings (SSSR count). The minimum atomic E-state index is 0.731. The van der Waals surface area contributed by atoms with Gasteiger partial charge >= 0.3 is 0 Å². The monoisotopic (exact) mass is 324 g/mol. The van der Waals surface area contributed by atoms with Gasteiger partial charge in [0.25, 0.3) is 0 Å². The molecule has 1 aromatic rings. The average molecular weight is 325 g/mol. The van der Waals surface area contributed by atoms with Crippen molar-refractivity contribution >= 4 is 34.2 Å². The summed E-state index contributed by atoms with van der Waals surface area (Å²) < 4.78 is 2.83. The van der Waals surface area contributed by atoms with E-state index in [1.54, 1.807) is 0 Å². The highest BCUT2D eigenvalue weighted by molar-refractivity contribution is 14.1. The maximum absolute atomic E-state index is 6.13. The summed E-state index contributed by atoms with van der Waals surface area (Å²) in [6, 6.07) is 0. The maximum Gasteiger partial charge on any atom is 0.154 e. The van der Waals surface area contributed by atoms with E-state index < -0.39 is 0 Å². The molecule has 0 fully saturated rings. The number of rotatable bonds is 2. The van der Waals surface area contributed by atoms with Crippen LogP contribution in [0.1, 0.15) is 31.0 Å². The normalized spacial score (nSPS) is 20.9. The Hall–Kier alpha value is 0.230. The second-order valence-corrected chi connectivity index (χ2v) is 5.90. The molecule has 1 atom stereocenters. The summed E-state index contributed by atoms with van der Waals surface area (Å²) in [6.45, 7) is 3.17. The van der Waals surface area contributed by atoms with E-state index in [4.69, 9.17) is 11.6 Å². The molecule has 0 radical (unpaired) electrons. The second-order valence-electron chi connectivity index (χ2n) is 3.78. The molecule has 0 amide bonds. The number of aryl methyl sites for hydroxylation is 1. The fourth-order valence-corrected chi connectivity index (χ4v) is 3.03. The molecule has 78 valence electrons. The lowest BCUT2D eigenvalue weighted by Gasteiger charge is -2.18. The van der Waals surface area contributed by atoms with Gasteiger partial charge in [-0.05, 0) is 25.7 Å². The van der Waals surface area contributed by atoms with E-state index in [9.17, 15) is 0 Å². The van der Waals surface area contributed by atoms with Crippen LogP contribution in [0.25, 0.3) is 0 Å². The van der Waals surface area contributed by atoms with Crippen LogP contribution >= 0.6 is 34.2 Å². The summed E-state index contributed by atoms with van der Waals surface area (Å²) in [5, 5.41) is 5.13. The molecule has 1 aromatic heterocycles. The van der Waals surface area contributed by atoms with Gasteiger partial charge in [-0.3, -0.25) is 4.68 Å². The van der Waals surface area contributed by atoms with Crippen molar-refractivity contribution in [2.45, 2.75) is 43.1 Å². The van der Waals surface area contributed by atoms with Crippen molar-refractivity contribution in [1.82, 2.24) is 9.78 Å². The van der Waals surface area contributed by atoms with Gasteiger partial charge in [-0.25, -0.2) is 0 Å². The SMILES string of the molecule is CCCn1nc(Cl)c2c1CCC(I)C2. The highest BCUT2D eigenvalue weighted by atomic mass is 127. The highest BCUT2D eigenvalue weighted by Crippen LogP contribution is 2.30. The molecule has 1 aliphatic carbocycles. The van der Waals surface area contributed by atoms with Crippen LogP contribution in [0.4, 0.5) is 0 Å². The Bertz CT molecular complexity index is 335. The predicted octanol–water partition coefficient (Wildman–Crippen LogP) is 3.24. The Kier molecular flexibility index (Phi) is 3.37. The van der Waals surface area contributed by atoms with Crippen LogP contribution in [0.5, 0.6) is 0 Å². The lowest BCUT2D eigenvalue weighted by atomic mass is 9.98. The molecule has 1 aliphatic rings. The van der Waals surface area contributed by atoms with Crippen LogP contribution in [0.2, 0.25) is 5.15 Å². The van der Waals surface area contributed by atoms with E-state index in [1.807, 2.05) is 0 Å². The molecule has 0 aliphatic heterocycles. The van der Waals surface area contributed by atoms with Gasteiger partial charge in [0.2, 0.25) is 0 Å². The average Bonchev–Trinajstić information content (AvgIpc) is 2.44. The minimum absolute atomic E-state index is 0.731. The second kappa shape index (κ2) is 4.39. The highest BCUT2D eigenvalue weighted by Gasteiger charge is 2.23. The summed E-state index contributed by atoms with van der Waals surface area (Å²) in [4.78, 5) is 0. The number of aromatic nitrogens is 2. The molecular formula is C10H14ClIN2. The van der Waals surface area contributed by atoms with Crippen molar-refractivity contribution in [3.63, 3.8) is 0 Å². The lowest BCUT2D eigenvalue weighted by molar-refractivity contribution is 0.555. The van der Waals surface area contributed by atoms with E-state index in [2.05, 4.69) is 39.3 Å². The van der Waals surface area contributed by atoms with Gasteiger partial charge < -0.3 is 0 Å². The summed E-state index contributed by atoms with van der Waals surface area (Å²) in [7, 11) is 0. The number of hydrogen-bond donors (Lipinski definition) is 0. The maximum atomic E-state index is 6.13. The molecular weight excluding hydrogens is 310 g/mol. The molecule has 4 heteroatoms. The summed E-state index contributed by atoms with van der Waals surface area (Å²) >= 11 is 8.63. The van der Waals surface area contributed by atoms with Crippen LogP contribution in [-0.2, 0) is 19.4 Å². The third-order valence-corrected chi connectivity index (χ3v) is 4.04. The third kappa shape index (κ3) is 1.94. The Balaban J connectivity index is 2.33. The van der Waals surface area contributed by atoms with Gasteiger partial charge in [-0.1, -0.05) is 41.1 Å². The first-order valence-electron chi connectivity index (χ1n) is 5.10. The molecule has 1 heterocycles. The van der Waals surface area contributed by atoms with Crippen molar-refractivity contribution in [3.8, 4) is 0 Å². The molecule has 0 spiro atoms. The summed E-state index contributed by atoms with van der Waals surface area (Å²) in [5.74, 6) is 0. The first-order valence-corrected chi connectivity index (χ1v) is 6.72. The molecule has 0 saturated heterocycles. The molecule has 0 N–H and O–H groups in total. The number of halogens is 2. The Morgan fingerprint density at radius 2 is 2.43 bits per heavy atom. The Morgan fingerprint density at radius 1 is 1.64 bits per heavy atom. The molecule has 1 unspecified atom stereocenters. The smallest absolute Gasteiger partial charge is 0.154 e. The Labute approximate surface area is 103 Å². The van der Waals surface area contributed by atoms with E-state index in [1.165, 1.54) is 17.7 Å². The number of hydrogen-bond acceptors (Lipinski definition) is 1. The lowest BCUT2D eigenvalue weighted by Crippen LogP contribution is -2.15. The van der Waals surface area contributed by atoms with Crippen LogP contribution < -0.4 is 0 Å². The first kappa shape index (κ1) is 10.7. The molecule has 0 bridgehead atoms. The number of nitrogens with zero attached hydrogens (tertiary/aromatic N) is 2. The van der Waals surface area contributed by atoms with Crippen LogP contribution in [-0.4, -0.2) is 13.7 Å². The largest absolute Gasteiger partial charge is 0.268 e. The molecule has 0 saturated carbocycles. The molecule has 14 heavy (non-hydrogen) atoms. The van der Waals surface area contributed by atoms with Gasteiger partial charge in [0.1, 0.15) is 0 Å². The van der Waals surface area contributed by atoms with Crippen molar-refractivity contribution in [2.75, 3.05) is 0 Å². The topological polar surface area (TPSA) is 17.8 Å². The van der Waals surface area contributed by atoms with E-state index in [0.717, 1.165) is 34.9 Å². The van der Waals surface area contributed by atoms with Gasteiger partial charge in [0.05, 0.1) is 0 Å². The standard InChI is InChI=1S/C10H14ClIN2/c1-2-5-14-9-4-3-7(12)6-8(9)10(11)13-14/h7H,2-6H2,1H3.